The van der Waals surface area contributed by atoms with E-state index in [2.05, 4.69) is 31.7 Å². The molecule has 33 heavy (non-hydrogen) atoms. The third-order valence-corrected chi connectivity index (χ3v) is 5.58. The first-order chi connectivity index (χ1) is 15.8. The molecule has 1 aromatic carbocycles. The van der Waals surface area contributed by atoms with Gasteiger partial charge in [0, 0.05) is 44.3 Å². The molecule has 2 heterocycles. The normalized spacial score (nSPS) is 13.9. The fraction of sp³-hybridized carbons (Fsp3) is 0.375. The van der Waals surface area contributed by atoms with E-state index in [-0.39, 0.29) is 30.1 Å². The second kappa shape index (κ2) is 12.4. The van der Waals surface area contributed by atoms with Crippen molar-refractivity contribution in [3.63, 3.8) is 0 Å². The number of rotatable bonds is 8. The molecule has 2 aromatic heterocycles. The summed E-state index contributed by atoms with van der Waals surface area (Å²) in [6.45, 7) is 1.20. The van der Waals surface area contributed by atoms with Gasteiger partial charge in [0.1, 0.15) is 12.1 Å². The molecule has 0 aliphatic heterocycles. The molecule has 9 heteroatoms. The van der Waals surface area contributed by atoms with E-state index >= 15 is 0 Å². The Morgan fingerprint density at radius 2 is 1.97 bits per heavy atom. The highest BCUT2D eigenvalue weighted by Crippen LogP contribution is 2.34. The lowest BCUT2D eigenvalue weighted by molar-refractivity contribution is 0.198. The number of methoxy groups -OCH3 is 1. The van der Waals surface area contributed by atoms with Crippen LogP contribution in [0.3, 0.4) is 0 Å². The summed E-state index contributed by atoms with van der Waals surface area (Å²) in [6.07, 6.45) is 12.1. The quantitative estimate of drug-likeness (QED) is 0.245. The van der Waals surface area contributed by atoms with Gasteiger partial charge in [0.25, 0.3) is 0 Å². The molecule has 1 fully saturated rings. The van der Waals surface area contributed by atoms with Gasteiger partial charge in [-0.25, -0.2) is 9.97 Å². The predicted octanol–water partition coefficient (Wildman–Crippen LogP) is 4.08. The van der Waals surface area contributed by atoms with Crippen molar-refractivity contribution in [2.75, 3.05) is 14.2 Å². The summed E-state index contributed by atoms with van der Waals surface area (Å²) in [6, 6.07) is 10.0. The van der Waals surface area contributed by atoms with E-state index in [4.69, 9.17) is 9.47 Å². The van der Waals surface area contributed by atoms with Crippen LogP contribution < -0.4 is 20.1 Å². The summed E-state index contributed by atoms with van der Waals surface area (Å²) >= 11 is 0. The zero-order valence-corrected chi connectivity index (χ0v) is 21.4. The van der Waals surface area contributed by atoms with E-state index in [9.17, 15) is 0 Å². The van der Waals surface area contributed by atoms with E-state index in [1.807, 2.05) is 35.0 Å². The number of hydrogen-bond acceptors (Lipinski definition) is 5. The molecular formula is C24H31IN6O2. The Balaban J connectivity index is 0.00000306. The van der Waals surface area contributed by atoms with Crippen LogP contribution in [0, 0.1) is 0 Å². The van der Waals surface area contributed by atoms with E-state index in [0.717, 1.165) is 41.3 Å². The van der Waals surface area contributed by atoms with Gasteiger partial charge in [-0.1, -0.05) is 12.1 Å². The smallest absolute Gasteiger partial charge is 0.191 e. The lowest BCUT2D eigenvalue weighted by Gasteiger charge is -2.20. The summed E-state index contributed by atoms with van der Waals surface area (Å²) in [7, 11) is 3.45. The van der Waals surface area contributed by atoms with Gasteiger partial charge in [0.15, 0.2) is 17.5 Å². The molecule has 1 aliphatic rings. The number of aliphatic imine (C=N–C) groups is 1. The maximum atomic E-state index is 6.33. The number of aromatic nitrogens is 3. The zero-order chi connectivity index (χ0) is 22.2. The average Bonchev–Trinajstić information content (AvgIpc) is 3.55. The van der Waals surface area contributed by atoms with Crippen molar-refractivity contribution in [2.24, 2.45) is 4.99 Å². The Morgan fingerprint density at radius 1 is 1.15 bits per heavy atom. The summed E-state index contributed by atoms with van der Waals surface area (Å²) in [5, 5.41) is 6.75. The molecule has 0 unspecified atom stereocenters. The third-order valence-electron chi connectivity index (χ3n) is 5.58. The molecule has 1 aliphatic carbocycles. The molecule has 8 nitrogen and oxygen atoms in total. The number of nitrogens with one attached hydrogen (secondary N) is 2. The molecule has 3 aromatic rings. The number of hydrogen-bond donors (Lipinski definition) is 2. The average molecular weight is 562 g/mol. The maximum absolute atomic E-state index is 6.33. The molecule has 0 saturated heterocycles. The number of para-hydroxylation sites is 1. The second-order valence-corrected chi connectivity index (χ2v) is 7.74. The van der Waals surface area contributed by atoms with Crippen LogP contribution in [0.2, 0.25) is 0 Å². The summed E-state index contributed by atoms with van der Waals surface area (Å²) in [4.78, 5) is 12.8. The number of nitrogens with zero attached hydrogens (tertiary/aromatic N) is 4. The van der Waals surface area contributed by atoms with Gasteiger partial charge in [-0.15, -0.1) is 24.0 Å². The van der Waals surface area contributed by atoms with Crippen LogP contribution in [-0.2, 0) is 13.1 Å². The van der Waals surface area contributed by atoms with Crippen molar-refractivity contribution < 1.29 is 9.47 Å². The molecule has 2 N–H and O–H groups in total. The van der Waals surface area contributed by atoms with Crippen LogP contribution in [0.25, 0.3) is 5.82 Å². The molecule has 0 atom stereocenters. The molecule has 4 rings (SSSR count). The number of guanidine groups is 1. The van der Waals surface area contributed by atoms with E-state index in [0.29, 0.717) is 19.0 Å². The standard InChI is InChI=1S/C24H30N6O2.HI/c1-25-24(28-15-18-10-11-27-22(14-18)30-13-12-26-17-30)29-16-19-6-5-9-21(31-2)23(19)32-20-7-3-4-8-20;/h5-6,9-14,17,20H,3-4,7-8,15-16H2,1-2H3,(H2,25,28,29);1H. The van der Waals surface area contributed by atoms with Crippen LogP contribution in [0.15, 0.2) is 60.2 Å². The lowest BCUT2D eigenvalue weighted by atomic mass is 10.1. The molecule has 0 bridgehead atoms. The Hall–Kier alpha value is -2.82. The molecule has 0 radical (unpaired) electrons. The van der Waals surface area contributed by atoms with Crippen LogP contribution in [0.4, 0.5) is 0 Å². The Labute approximate surface area is 211 Å². The van der Waals surface area contributed by atoms with Crippen molar-refractivity contribution in [1.82, 2.24) is 25.2 Å². The van der Waals surface area contributed by atoms with E-state index in [1.54, 1.807) is 32.9 Å². The van der Waals surface area contributed by atoms with Crippen molar-refractivity contribution in [2.45, 2.75) is 44.9 Å². The Kier molecular flexibility index (Phi) is 9.35. The van der Waals surface area contributed by atoms with E-state index in [1.165, 1.54) is 12.8 Å². The fourth-order valence-electron chi connectivity index (χ4n) is 3.86. The van der Waals surface area contributed by atoms with Crippen molar-refractivity contribution >= 4 is 29.9 Å². The number of halogens is 1. The van der Waals surface area contributed by atoms with Gasteiger partial charge in [-0.3, -0.25) is 9.56 Å². The molecule has 0 spiro atoms. The van der Waals surface area contributed by atoms with Crippen LogP contribution in [0.5, 0.6) is 11.5 Å². The minimum Gasteiger partial charge on any atom is -0.493 e. The Bertz CT molecular complexity index is 1040. The number of benzene rings is 1. The number of ether oxygens (including phenoxy) is 2. The van der Waals surface area contributed by atoms with Gasteiger partial charge in [0.05, 0.1) is 13.2 Å². The fourth-order valence-corrected chi connectivity index (χ4v) is 3.86. The zero-order valence-electron chi connectivity index (χ0n) is 19.0. The lowest BCUT2D eigenvalue weighted by Crippen LogP contribution is -2.36. The molecule has 1 saturated carbocycles. The predicted molar refractivity (Wildman–Crippen MR) is 140 cm³/mol. The first-order valence-electron chi connectivity index (χ1n) is 11.0. The minimum absolute atomic E-state index is 0. The van der Waals surface area contributed by atoms with Crippen molar-refractivity contribution in [3.8, 4) is 17.3 Å². The maximum Gasteiger partial charge on any atom is 0.191 e. The first kappa shape index (κ1) is 24.8. The van der Waals surface area contributed by atoms with Gasteiger partial charge in [0.2, 0.25) is 0 Å². The van der Waals surface area contributed by atoms with Gasteiger partial charge >= 0.3 is 0 Å². The summed E-state index contributed by atoms with van der Waals surface area (Å²) < 4.78 is 13.8. The molecule has 176 valence electrons. The van der Waals surface area contributed by atoms with Crippen LogP contribution in [-0.4, -0.2) is 40.8 Å². The number of pyridine rings is 1. The summed E-state index contributed by atoms with van der Waals surface area (Å²) in [5.41, 5.74) is 2.14. The van der Waals surface area contributed by atoms with Gasteiger partial charge in [-0.2, -0.15) is 0 Å². The monoisotopic (exact) mass is 562 g/mol. The highest BCUT2D eigenvalue weighted by Gasteiger charge is 2.20. The van der Waals surface area contributed by atoms with Crippen LogP contribution in [0.1, 0.15) is 36.8 Å². The van der Waals surface area contributed by atoms with Gasteiger partial charge in [-0.05, 0) is 49.4 Å². The second-order valence-electron chi connectivity index (χ2n) is 7.74. The van der Waals surface area contributed by atoms with Crippen molar-refractivity contribution in [3.05, 3.63) is 66.4 Å². The first-order valence-corrected chi connectivity index (χ1v) is 11.0. The minimum atomic E-state index is 0. The number of imidazole rings is 1. The third kappa shape index (κ3) is 6.59. The molecular weight excluding hydrogens is 531 g/mol. The van der Waals surface area contributed by atoms with Crippen LogP contribution >= 0.6 is 24.0 Å². The summed E-state index contributed by atoms with van der Waals surface area (Å²) in [5.74, 6) is 3.13. The van der Waals surface area contributed by atoms with Crippen molar-refractivity contribution in [1.29, 1.82) is 0 Å². The SMILES string of the molecule is CN=C(NCc1ccnc(-n2ccnc2)c1)NCc1cccc(OC)c1OC1CCCC1.I. The molecule has 0 amide bonds. The highest BCUT2D eigenvalue weighted by molar-refractivity contribution is 14.0. The topological polar surface area (TPSA) is 85.6 Å². The van der Waals surface area contributed by atoms with Gasteiger partial charge < -0.3 is 20.1 Å². The largest absolute Gasteiger partial charge is 0.493 e. The highest BCUT2D eigenvalue weighted by atomic mass is 127. The van der Waals surface area contributed by atoms with E-state index < -0.39 is 0 Å². The Morgan fingerprint density at radius 3 is 2.70 bits per heavy atom.